The molecule has 3 rings (SSSR count). The first-order valence-corrected chi connectivity index (χ1v) is 7.52. The lowest BCUT2D eigenvalue weighted by Gasteiger charge is -2.27. The highest BCUT2D eigenvalue weighted by atomic mass is 35.5. The van der Waals surface area contributed by atoms with E-state index in [4.69, 9.17) is 0 Å². The minimum absolute atomic E-state index is 0. The van der Waals surface area contributed by atoms with E-state index >= 15 is 0 Å². The lowest BCUT2D eigenvalue weighted by Crippen LogP contribution is -2.46. The first-order chi connectivity index (χ1) is 10.6. The number of halogens is 2. The van der Waals surface area contributed by atoms with E-state index in [0.717, 1.165) is 29.8 Å². The molecule has 0 bridgehead atoms. The smallest absolute Gasteiger partial charge is 0.256 e. The summed E-state index contributed by atoms with van der Waals surface area (Å²) in [5, 5.41) is 3.18. The van der Waals surface area contributed by atoms with Gasteiger partial charge in [0.1, 0.15) is 5.82 Å². The zero-order valence-corrected chi connectivity index (χ0v) is 13.8. The van der Waals surface area contributed by atoms with Crippen LogP contribution in [0.5, 0.6) is 0 Å². The van der Waals surface area contributed by atoms with E-state index in [1.807, 2.05) is 37.3 Å². The van der Waals surface area contributed by atoms with Gasteiger partial charge in [-0.15, -0.1) is 12.4 Å². The third-order valence-corrected chi connectivity index (χ3v) is 3.99. The summed E-state index contributed by atoms with van der Waals surface area (Å²) in [7, 11) is 0. The summed E-state index contributed by atoms with van der Waals surface area (Å²) in [6.45, 7) is 4.78. The molecule has 0 saturated carbocycles. The van der Waals surface area contributed by atoms with Crippen LogP contribution >= 0.6 is 12.4 Å². The molecule has 1 fully saturated rings. The second-order valence-corrected chi connectivity index (χ2v) is 5.60. The summed E-state index contributed by atoms with van der Waals surface area (Å²) in [6.07, 6.45) is 0. The zero-order chi connectivity index (χ0) is 15.5. The van der Waals surface area contributed by atoms with E-state index in [1.54, 1.807) is 11.0 Å². The number of rotatable bonds is 2. The number of aryl methyl sites for hydroxylation is 1. The zero-order valence-electron chi connectivity index (χ0n) is 13.0. The second-order valence-electron chi connectivity index (χ2n) is 5.60. The van der Waals surface area contributed by atoms with E-state index in [0.29, 0.717) is 13.1 Å². The Morgan fingerprint density at radius 1 is 1.04 bits per heavy atom. The van der Waals surface area contributed by atoms with Gasteiger partial charge in [-0.25, -0.2) is 4.39 Å². The summed E-state index contributed by atoms with van der Waals surface area (Å²) >= 11 is 0. The SMILES string of the molecule is Cc1ccc(-c2ccc(C(=O)N3CCNCC3)c(F)c2)cc1.Cl. The fraction of sp³-hybridized carbons (Fsp3) is 0.278. The molecule has 1 amide bonds. The van der Waals surface area contributed by atoms with Gasteiger partial charge in [-0.3, -0.25) is 4.79 Å². The van der Waals surface area contributed by atoms with Gasteiger partial charge in [-0.1, -0.05) is 35.9 Å². The molecule has 23 heavy (non-hydrogen) atoms. The molecule has 0 atom stereocenters. The minimum Gasteiger partial charge on any atom is -0.336 e. The van der Waals surface area contributed by atoms with Gasteiger partial charge in [0, 0.05) is 26.2 Å². The van der Waals surface area contributed by atoms with Crippen LogP contribution in [-0.4, -0.2) is 37.0 Å². The molecule has 5 heteroatoms. The molecular weight excluding hydrogens is 315 g/mol. The molecular formula is C18H20ClFN2O. The minimum atomic E-state index is -0.457. The fourth-order valence-electron chi connectivity index (χ4n) is 2.65. The molecule has 1 aliphatic rings. The van der Waals surface area contributed by atoms with Crippen LogP contribution < -0.4 is 5.32 Å². The van der Waals surface area contributed by atoms with Crippen molar-refractivity contribution in [1.82, 2.24) is 10.2 Å². The highest BCUT2D eigenvalue weighted by Crippen LogP contribution is 2.23. The third-order valence-electron chi connectivity index (χ3n) is 3.99. The van der Waals surface area contributed by atoms with Crippen molar-refractivity contribution in [2.45, 2.75) is 6.92 Å². The van der Waals surface area contributed by atoms with E-state index in [-0.39, 0.29) is 23.9 Å². The monoisotopic (exact) mass is 334 g/mol. The Labute approximate surface area is 141 Å². The Hall–Kier alpha value is -1.91. The molecule has 1 N–H and O–H groups in total. The number of piperazine rings is 1. The van der Waals surface area contributed by atoms with Crippen molar-refractivity contribution in [3.8, 4) is 11.1 Å². The summed E-state index contributed by atoms with van der Waals surface area (Å²) in [6, 6.07) is 12.8. The van der Waals surface area contributed by atoms with Gasteiger partial charge in [0.15, 0.2) is 0 Å². The predicted octanol–water partition coefficient (Wildman–Crippen LogP) is 3.27. The number of nitrogens with one attached hydrogen (secondary N) is 1. The van der Waals surface area contributed by atoms with Crippen LogP contribution in [0.2, 0.25) is 0 Å². The van der Waals surface area contributed by atoms with Gasteiger partial charge in [0.2, 0.25) is 0 Å². The van der Waals surface area contributed by atoms with Crippen LogP contribution in [0.1, 0.15) is 15.9 Å². The molecule has 0 aliphatic carbocycles. The standard InChI is InChI=1S/C18H19FN2O.ClH/c1-13-2-4-14(5-3-13)15-6-7-16(17(19)12-15)18(22)21-10-8-20-9-11-21;/h2-7,12,20H,8-11H2,1H3;1H. The molecule has 1 aliphatic heterocycles. The Kier molecular flexibility index (Phi) is 5.74. The number of nitrogens with zero attached hydrogens (tertiary/aromatic N) is 1. The third kappa shape index (κ3) is 3.89. The molecule has 3 nitrogen and oxygen atoms in total. The summed E-state index contributed by atoms with van der Waals surface area (Å²) in [5.74, 6) is -0.684. The number of carbonyl (C=O) groups is 1. The van der Waals surface area contributed by atoms with Crippen LogP contribution in [0.4, 0.5) is 4.39 Å². The van der Waals surface area contributed by atoms with Gasteiger partial charge < -0.3 is 10.2 Å². The van der Waals surface area contributed by atoms with Crippen molar-refractivity contribution in [3.63, 3.8) is 0 Å². The Balaban J connectivity index is 0.00000192. The molecule has 122 valence electrons. The van der Waals surface area contributed by atoms with Crippen molar-refractivity contribution in [3.05, 3.63) is 59.4 Å². The summed E-state index contributed by atoms with van der Waals surface area (Å²) in [4.78, 5) is 14.1. The Morgan fingerprint density at radius 2 is 1.65 bits per heavy atom. The average molecular weight is 335 g/mol. The van der Waals surface area contributed by atoms with Crippen molar-refractivity contribution >= 4 is 18.3 Å². The topological polar surface area (TPSA) is 32.3 Å². The van der Waals surface area contributed by atoms with Crippen LogP contribution in [-0.2, 0) is 0 Å². The quantitative estimate of drug-likeness (QED) is 0.914. The van der Waals surface area contributed by atoms with Gasteiger partial charge in [0.05, 0.1) is 5.56 Å². The van der Waals surface area contributed by atoms with Gasteiger partial charge in [-0.2, -0.15) is 0 Å². The molecule has 2 aromatic rings. The van der Waals surface area contributed by atoms with E-state index in [1.165, 1.54) is 6.07 Å². The number of hydrogen-bond acceptors (Lipinski definition) is 2. The summed E-state index contributed by atoms with van der Waals surface area (Å²) < 4.78 is 14.4. The van der Waals surface area contributed by atoms with Crippen molar-refractivity contribution in [1.29, 1.82) is 0 Å². The van der Waals surface area contributed by atoms with Gasteiger partial charge in [0.25, 0.3) is 5.91 Å². The van der Waals surface area contributed by atoms with Crippen LogP contribution in [0, 0.1) is 12.7 Å². The normalized spacial score (nSPS) is 14.3. The second kappa shape index (κ2) is 7.57. The van der Waals surface area contributed by atoms with Gasteiger partial charge >= 0.3 is 0 Å². The van der Waals surface area contributed by atoms with Gasteiger partial charge in [-0.05, 0) is 30.2 Å². The first-order valence-electron chi connectivity index (χ1n) is 7.52. The Morgan fingerprint density at radius 3 is 2.26 bits per heavy atom. The van der Waals surface area contributed by atoms with Crippen molar-refractivity contribution < 1.29 is 9.18 Å². The highest BCUT2D eigenvalue weighted by Gasteiger charge is 2.21. The Bertz CT molecular complexity index is 682. The number of hydrogen-bond donors (Lipinski definition) is 1. The maximum Gasteiger partial charge on any atom is 0.256 e. The van der Waals surface area contributed by atoms with Crippen LogP contribution in [0.25, 0.3) is 11.1 Å². The van der Waals surface area contributed by atoms with E-state index in [9.17, 15) is 9.18 Å². The molecule has 0 unspecified atom stereocenters. The molecule has 0 spiro atoms. The highest BCUT2D eigenvalue weighted by molar-refractivity contribution is 5.95. The lowest BCUT2D eigenvalue weighted by molar-refractivity contribution is 0.0731. The number of benzene rings is 2. The number of carbonyl (C=O) groups excluding carboxylic acids is 1. The maximum atomic E-state index is 14.4. The summed E-state index contributed by atoms with van der Waals surface area (Å²) in [5.41, 5.74) is 3.05. The number of amides is 1. The largest absolute Gasteiger partial charge is 0.336 e. The van der Waals surface area contributed by atoms with E-state index in [2.05, 4.69) is 5.32 Å². The lowest BCUT2D eigenvalue weighted by atomic mass is 10.0. The maximum absolute atomic E-state index is 14.4. The fourth-order valence-corrected chi connectivity index (χ4v) is 2.65. The average Bonchev–Trinajstić information content (AvgIpc) is 2.56. The van der Waals surface area contributed by atoms with Crippen LogP contribution in [0.3, 0.4) is 0 Å². The van der Waals surface area contributed by atoms with E-state index < -0.39 is 5.82 Å². The van der Waals surface area contributed by atoms with Crippen molar-refractivity contribution in [2.75, 3.05) is 26.2 Å². The molecule has 2 aromatic carbocycles. The molecule has 0 aromatic heterocycles. The first kappa shape index (κ1) is 17.4. The van der Waals surface area contributed by atoms with Crippen molar-refractivity contribution in [2.24, 2.45) is 0 Å². The van der Waals surface area contributed by atoms with Crippen LogP contribution in [0.15, 0.2) is 42.5 Å². The molecule has 0 radical (unpaired) electrons. The molecule has 1 saturated heterocycles. The molecule has 1 heterocycles. The predicted molar refractivity (Wildman–Crippen MR) is 92.6 cm³/mol.